The Hall–Kier alpha value is -0.950. The molecule has 0 aromatic carbocycles. The highest BCUT2D eigenvalue weighted by Gasteiger charge is 2.49. The Bertz CT molecular complexity index is 529. The van der Waals surface area contributed by atoms with Gasteiger partial charge in [0, 0.05) is 0 Å². The number of hydrogen-bond acceptors (Lipinski definition) is 5. The fourth-order valence-corrected chi connectivity index (χ4v) is 5.13. The second-order valence-electron chi connectivity index (χ2n) is 5.96. The molecule has 1 fully saturated rings. The van der Waals surface area contributed by atoms with E-state index in [4.69, 9.17) is 5.73 Å². The number of amides is 1. The van der Waals surface area contributed by atoms with Gasteiger partial charge in [0.15, 0.2) is 9.84 Å². The SMILES string of the molecule is CCCC1=NN(C2(C)CCS(=O)(=O)C2)C(=O)C1CCN. The second kappa shape index (κ2) is 5.44. The van der Waals surface area contributed by atoms with Crippen molar-refractivity contribution < 1.29 is 13.2 Å². The molecular formula is C13H23N3O3S. The molecule has 2 atom stereocenters. The number of hydrogen-bond donors (Lipinski definition) is 1. The first-order valence-electron chi connectivity index (χ1n) is 7.15. The Morgan fingerprint density at radius 2 is 2.20 bits per heavy atom. The number of hydrazone groups is 1. The lowest BCUT2D eigenvalue weighted by atomic mass is 9.94. The summed E-state index contributed by atoms with van der Waals surface area (Å²) in [6, 6.07) is 0. The third-order valence-corrected chi connectivity index (χ3v) is 5.98. The predicted molar refractivity (Wildman–Crippen MR) is 78.0 cm³/mol. The van der Waals surface area contributed by atoms with E-state index in [9.17, 15) is 13.2 Å². The number of rotatable bonds is 5. The quantitative estimate of drug-likeness (QED) is 0.801. The molecule has 1 amide bonds. The van der Waals surface area contributed by atoms with Gasteiger partial charge in [0.1, 0.15) is 0 Å². The van der Waals surface area contributed by atoms with Crippen molar-refractivity contribution in [3.05, 3.63) is 0 Å². The van der Waals surface area contributed by atoms with E-state index < -0.39 is 15.4 Å². The summed E-state index contributed by atoms with van der Waals surface area (Å²) in [5, 5.41) is 5.89. The lowest BCUT2D eigenvalue weighted by Crippen LogP contribution is -2.47. The summed E-state index contributed by atoms with van der Waals surface area (Å²) in [6.45, 7) is 4.28. The second-order valence-corrected chi connectivity index (χ2v) is 8.14. The van der Waals surface area contributed by atoms with Crippen molar-refractivity contribution in [1.82, 2.24) is 5.01 Å². The molecule has 0 saturated carbocycles. The maximum Gasteiger partial charge on any atom is 0.252 e. The van der Waals surface area contributed by atoms with Crippen LogP contribution in [0.5, 0.6) is 0 Å². The Morgan fingerprint density at radius 3 is 2.70 bits per heavy atom. The van der Waals surface area contributed by atoms with E-state index in [-0.39, 0.29) is 23.3 Å². The van der Waals surface area contributed by atoms with Gasteiger partial charge < -0.3 is 5.73 Å². The zero-order valence-electron chi connectivity index (χ0n) is 12.1. The monoisotopic (exact) mass is 301 g/mol. The molecule has 2 unspecified atom stereocenters. The molecule has 20 heavy (non-hydrogen) atoms. The lowest BCUT2D eigenvalue weighted by Gasteiger charge is -2.31. The molecule has 2 aliphatic rings. The summed E-state index contributed by atoms with van der Waals surface area (Å²) in [4.78, 5) is 12.5. The van der Waals surface area contributed by atoms with Gasteiger partial charge in [-0.3, -0.25) is 4.79 Å². The van der Waals surface area contributed by atoms with Gasteiger partial charge in [-0.25, -0.2) is 13.4 Å². The summed E-state index contributed by atoms with van der Waals surface area (Å²) < 4.78 is 23.4. The molecule has 2 N–H and O–H groups in total. The topological polar surface area (TPSA) is 92.8 Å². The minimum Gasteiger partial charge on any atom is -0.330 e. The van der Waals surface area contributed by atoms with E-state index in [2.05, 4.69) is 5.10 Å². The molecule has 0 aliphatic carbocycles. The van der Waals surface area contributed by atoms with Crippen LogP contribution >= 0.6 is 0 Å². The van der Waals surface area contributed by atoms with Crippen molar-refractivity contribution in [3.63, 3.8) is 0 Å². The number of sulfone groups is 1. The molecular weight excluding hydrogens is 278 g/mol. The van der Waals surface area contributed by atoms with Gasteiger partial charge in [-0.15, -0.1) is 0 Å². The third kappa shape index (κ3) is 2.74. The molecule has 2 aliphatic heterocycles. The molecule has 0 bridgehead atoms. The molecule has 2 heterocycles. The van der Waals surface area contributed by atoms with Gasteiger partial charge in [-0.05, 0) is 32.7 Å². The molecule has 1 saturated heterocycles. The minimum atomic E-state index is -3.06. The zero-order valence-corrected chi connectivity index (χ0v) is 12.9. The number of nitrogens with two attached hydrogens (primary N) is 1. The minimum absolute atomic E-state index is 0.00396. The van der Waals surface area contributed by atoms with Crippen LogP contribution in [0.15, 0.2) is 5.10 Å². The molecule has 6 nitrogen and oxygen atoms in total. The summed E-state index contributed by atoms with van der Waals surface area (Å²) in [5.74, 6) is -0.212. The standard InChI is InChI=1S/C13H23N3O3S/c1-3-4-11-10(5-7-14)12(17)16(15-11)13(2)6-8-20(18,19)9-13/h10H,3-9,14H2,1-2H3. The van der Waals surface area contributed by atoms with Gasteiger partial charge in [-0.2, -0.15) is 5.10 Å². The highest BCUT2D eigenvalue weighted by Crippen LogP contribution is 2.35. The van der Waals surface area contributed by atoms with Gasteiger partial charge in [0.25, 0.3) is 5.91 Å². The molecule has 114 valence electrons. The molecule has 0 aromatic rings. The van der Waals surface area contributed by atoms with E-state index in [1.165, 1.54) is 5.01 Å². The average molecular weight is 301 g/mol. The average Bonchev–Trinajstić information content (AvgIpc) is 2.82. The van der Waals surface area contributed by atoms with Crippen LogP contribution in [0.1, 0.15) is 39.5 Å². The molecule has 2 rings (SSSR count). The molecule has 7 heteroatoms. The van der Waals surface area contributed by atoms with Crippen LogP contribution in [0.4, 0.5) is 0 Å². The van der Waals surface area contributed by atoms with Crippen LogP contribution in [-0.2, 0) is 14.6 Å². The molecule has 0 aromatic heterocycles. The maximum absolute atomic E-state index is 12.5. The Kier molecular flexibility index (Phi) is 4.20. The van der Waals surface area contributed by atoms with Crippen LogP contribution in [0, 0.1) is 5.92 Å². The van der Waals surface area contributed by atoms with Gasteiger partial charge >= 0.3 is 0 Å². The maximum atomic E-state index is 12.5. The van der Waals surface area contributed by atoms with Gasteiger partial charge in [0.2, 0.25) is 0 Å². The number of carbonyl (C=O) groups is 1. The summed E-state index contributed by atoms with van der Waals surface area (Å²) >= 11 is 0. The van der Waals surface area contributed by atoms with Gasteiger partial charge in [0.05, 0.1) is 28.7 Å². The first-order chi connectivity index (χ1) is 9.33. The van der Waals surface area contributed by atoms with E-state index >= 15 is 0 Å². The lowest BCUT2D eigenvalue weighted by molar-refractivity contribution is -0.136. The largest absolute Gasteiger partial charge is 0.330 e. The van der Waals surface area contributed by atoms with Crippen LogP contribution in [-0.4, -0.2) is 48.6 Å². The molecule has 0 spiro atoms. The highest BCUT2D eigenvalue weighted by atomic mass is 32.2. The van der Waals surface area contributed by atoms with E-state index in [0.29, 0.717) is 19.4 Å². The van der Waals surface area contributed by atoms with Crippen LogP contribution in [0.25, 0.3) is 0 Å². The fourth-order valence-electron chi connectivity index (χ4n) is 3.02. The van der Waals surface area contributed by atoms with Crippen molar-refractivity contribution in [2.75, 3.05) is 18.1 Å². The first-order valence-corrected chi connectivity index (χ1v) is 8.97. The fraction of sp³-hybridized carbons (Fsp3) is 0.846. The Labute approximate surface area is 120 Å². The number of nitrogens with zero attached hydrogens (tertiary/aromatic N) is 2. The Balaban J connectivity index is 2.26. The smallest absolute Gasteiger partial charge is 0.252 e. The van der Waals surface area contributed by atoms with E-state index in [1.807, 2.05) is 13.8 Å². The van der Waals surface area contributed by atoms with E-state index in [1.54, 1.807) is 0 Å². The van der Waals surface area contributed by atoms with Crippen molar-refractivity contribution in [2.24, 2.45) is 16.8 Å². The van der Waals surface area contributed by atoms with Crippen molar-refractivity contribution in [1.29, 1.82) is 0 Å². The predicted octanol–water partition coefficient (Wildman–Crippen LogP) is 0.527. The first kappa shape index (κ1) is 15.4. The third-order valence-electron chi connectivity index (χ3n) is 4.09. The highest BCUT2D eigenvalue weighted by molar-refractivity contribution is 7.91. The summed E-state index contributed by atoms with van der Waals surface area (Å²) in [5.41, 5.74) is 5.74. The normalized spacial score (nSPS) is 32.8. The van der Waals surface area contributed by atoms with Crippen LogP contribution in [0.2, 0.25) is 0 Å². The van der Waals surface area contributed by atoms with Crippen molar-refractivity contribution >= 4 is 21.5 Å². The Morgan fingerprint density at radius 1 is 1.50 bits per heavy atom. The van der Waals surface area contributed by atoms with Crippen LogP contribution < -0.4 is 5.73 Å². The van der Waals surface area contributed by atoms with Gasteiger partial charge in [-0.1, -0.05) is 13.3 Å². The number of carbonyl (C=O) groups excluding carboxylic acids is 1. The van der Waals surface area contributed by atoms with Crippen molar-refractivity contribution in [2.45, 2.75) is 45.1 Å². The van der Waals surface area contributed by atoms with Crippen molar-refractivity contribution in [3.8, 4) is 0 Å². The zero-order chi connectivity index (χ0) is 15.0. The summed E-state index contributed by atoms with van der Waals surface area (Å²) in [7, 11) is -3.06. The summed E-state index contributed by atoms with van der Waals surface area (Å²) in [6.07, 6.45) is 2.71. The van der Waals surface area contributed by atoms with Crippen LogP contribution in [0.3, 0.4) is 0 Å². The molecule has 0 radical (unpaired) electrons. The van der Waals surface area contributed by atoms with E-state index in [0.717, 1.165) is 18.6 Å².